The van der Waals surface area contributed by atoms with Crippen LogP contribution in [0.25, 0.3) is 21.5 Å². The maximum absolute atomic E-state index is 11.5. The van der Waals surface area contributed by atoms with E-state index in [1.165, 1.54) is 7.11 Å². The topological polar surface area (TPSA) is 35.5 Å². The smallest absolute Gasteiger partial charge is 0.437 e. The molecule has 0 bridgehead atoms. The Morgan fingerprint density at radius 1 is 1.00 bits per heavy atom. The SMILES string of the molecule is COC(=O)Oc1c2ccccc2cc2c(Cl)cccc12. The van der Waals surface area contributed by atoms with E-state index in [1.807, 2.05) is 42.5 Å². The quantitative estimate of drug-likeness (QED) is 0.366. The second kappa shape index (κ2) is 5.02. The lowest BCUT2D eigenvalue weighted by atomic mass is 10.0. The fraction of sp³-hybridized carbons (Fsp3) is 0.0625. The van der Waals surface area contributed by atoms with Gasteiger partial charge in [-0.05, 0) is 17.5 Å². The number of fused-ring (bicyclic) bond motifs is 2. The molecule has 4 heteroatoms. The van der Waals surface area contributed by atoms with E-state index in [0.717, 1.165) is 21.5 Å². The van der Waals surface area contributed by atoms with Crippen molar-refractivity contribution in [2.75, 3.05) is 7.11 Å². The van der Waals surface area contributed by atoms with Gasteiger partial charge in [-0.15, -0.1) is 0 Å². The zero-order chi connectivity index (χ0) is 14.1. The maximum Gasteiger partial charge on any atom is 0.513 e. The summed E-state index contributed by atoms with van der Waals surface area (Å²) < 4.78 is 9.91. The van der Waals surface area contributed by atoms with E-state index in [9.17, 15) is 4.79 Å². The van der Waals surface area contributed by atoms with Crippen molar-refractivity contribution in [3.63, 3.8) is 0 Å². The van der Waals surface area contributed by atoms with Crippen LogP contribution in [-0.4, -0.2) is 13.3 Å². The van der Waals surface area contributed by atoms with Crippen molar-refractivity contribution >= 4 is 39.3 Å². The summed E-state index contributed by atoms with van der Waals surface area (Å²) in [6, 6.07) is 15.1. The minimum absolute atomic E-state index is 0.465. The van der Waals surface area contributed by atoms with Crippen molar-refractivity contribution < 1.29 is 14.3 Å². The Balaban J connectivity index is 2.40. The van der Waals surface area contributed by atoms with Gasteiger partial charge in [0.1, 0.15) is 5.75 Å². The molecule has 0 atom stereocenters. The van der Waals surface area contributed by atoms with Crippen molar-refractivity contribution in [1.29, 1.82) is 0 Å². The molecule has 0 amide bonds. The van der Waals surface area contributed by atoms with Crippen LogP contribution in [0.15, 0.2) is 48.5 Å². The highest BCUT2D eigenvalue weighted by atomic mass is 35.5. The Labute approximate surface area is 120 Å². The molecule has 100 valence electrons. The molecule has 3 aromatic carbocycles. The molecule has 0 saturated heterocycles. The highest BCUT2D eigenvalue weighted by molar-refractivity contribution is 6.36. The lowest BCUT2D eigenvalue weighted by molar-refractivity contribution is 0.122. The lowest BCUT2D eigenvalue weighted by Crippen LogP contribution is -2.08. The minimum Gasteiger partial charge on any atom is -0.437 e. The van der Waals surface area contributed by atoms with E-state index >= 15 is 0 Å². The third-order valence-corrected chi connectivity index (χ3v) is 3.48. The third kappa shape index (κ3) is 2.06. The van der Waals surface area contributed by atoms with Crippen LogP contribution < -0.4 is 4.74 Å². The molecule has 0 spiro atoms. The Morgan fingerprint density at radius 2 is 1.75 bits per heavy atom. The Bertz CT molecular complexity index is 811. The van der Waals surface area contributed by atoms with Gasteiger partial charge in [-0.3, -0.25) is 0 Å². The first kappa shape index (κ1) is 12.8. The molecule has 0 aromatic heterocycles. The molecule has 0 aliphatic carbocycles. The zero-order valence-electron chi connectivity index (χ0n) is 10.7. The Morgan fingerprint density at radius 3 is 2.55 bits per heavy atom. The fourth-order valence-corrected chi connectivity index (χ4v) is 2.48. The molecule has 3 aromatic rings. The van der Waals surface area contributed by atoms with Crippen molar-refractivity contribution in [3.8, 4) is 5.75 Å². The number of halogens is 1. The van der Waals surface area contributed by atoms with Gasteiger partial charge in [-0.2, -0.15) is 0 Å². The van der Waals surface area contributed by atoms with Crippen LogP contribution in [0.5, 0.6) is 5.75 Å². The summed E-state index contributed by atoms with van der Waals surface area (Å²) in [6.45, 7) is 0. The number of methoxy groups -OCH3 is 1. The molecule has 0 saturated carbocycles. The molecule has 3 rings (SSSR count). The number of rotatable bonds is 1. The maximum atomic E-state index is 11.5. The van der Waals surface area contributed by atoms with Crippen LogP contribution in [0.1, 0.15) is 0 Å². The predicted molar refractivity (Wildman–Crippen MR) is 79.5 cm³/mol. The summed E-state index contributed by atoms with van der Waals surface area (Å²) in [7, 11) is 1.28. The molecular weight excluding hydrogens is 276 g/mol. The highest BCUT2D eigenvalue weighted by Crippen LogP contribution is 2.37. The molecule has 0 radical (unpaired) electrons. The summed E-state index contributed by atoms with van der Waals surface area (Å²) in [5.41, 5.74) is 0. The first-order chi connectivity index (χ1) is 9.70. The van der Waals surface area contributed by atoms with E-state index in [0.29, 0.717) is 10.8 Å². The van der Waals surface area contributed by atoms with E-state index in [1.54, 1.807) is 6.07 Å². The van der Waals surface area contributed by atoms with Gasteiger partial charge >= 0.3 is 6.16 Å². The number of hydrogen-bond donors (Lipinski definition) is 0. The molecule has 0 fully saturated rings. The average molecular weight is 287 g/mol. The highest BCUT2D eigenvalue weighted by Gasteiger charge is 2.14. The first-order valence-electron chi connectivity index (χ1n) is 6.06. The molecular formula is C16H11ClO3. The first-order valence-corrected chi connectivity index (χ1v) is 6.44. The number of hydrogen-bond acceptors (Lipinski definition) is 3. The summed E-state index contributed by atoms with van der Waals surface area (Å²) in [5.74, 6) is 0.465. The van der Waals surface area contributed by atoms with Gasteiger partial charge < -0.3 is 9.47 Å². The minimum atomic E-state index is -0.748. The molecule has 0 unspecified atom stereocenters. The average Bonchev–Trinajstić information content (AvgIpc) is 2.48. The van der Waals surface area contributed by atoms with Gasteiger partial charge in [0.15, 0.2) is 0 Å². The summed E-state index contributed by atoms with van der Waals surface area (Å²) >= 11 is 6.23. The van der Waals surface area contributed by atoms with Crippen LogP contribution in [0.3, 0.4) is 0 Å². The zero-order valence-corrected chi connectivity index (χ0v) is 11.5. The van der Waals surface area contributed by atoms with Gasteiger partial charge in [-0.1, -0.05) is 48.0 Å². The van der Waals surface area contributed by atoms with Crippen LogP contribution in [0, 0.1) is 0 Å². The lowest BCUT2D eigenvalue weighted by Gasteiger charge is -2.11. The van der Waals surface area contributed by atoms with Crippen LogP contribution in [0.4, 0.5) is 4.79 Å². The second-order valence-corrected chi connectivity index (χ2v) is 4.73. The Kier molecular flexibility index (Phi) is 3.20. The monoisotopic (exact) mass is 286 g/mol. The third-order valence-electron chi connectivity index (χ3n) is 3.15. The van der Waals surface area contributed by atoms with E-state index < -0.39 is 6.16 Å². The molecule has 3 nitrogen and oxygen atoms in total. The number of benzene rings is 3. The van der Waals surface area contributed by atoms with Crippen LogP contribution in [0.2, 0.25) is 5.02 Å². The van der Waals surface area contributed by atoms with E-state index in [4.69, 9.17) is 16.3 Å². The molecule has 0 aliphatic rings. The Hall–Kier alpha value is -2.26. The molecule has 0 aliphatic heterocycles. The van der Waals surface area contributed by atoms with Gasteiger partial charge in [0.25, 0.3) is 0 Å². The van der Waals surface area contributed by atoms with Gasteiger partial charge in [0.2, 0.25) is 0 Å². The van der Waals surface area contributed by atoms with Crippen molar-refractivity contribution in [2.24, 2.45) is 0 Å². The predicted octanol–water partition coefficient (Wildman–Crippen LogP) is 4.79. The molecule has 0 heterocycles. The summed E-state index contributed by atoms with van der Waals surface area (Å²) in [5, 5.41) is 4.02. The van der Waals surface area contributed by atoms with Crippen molar-refractivity contribution in [1.82, 2.24) is 0 Å². The molecule has 0 N–H and O–H groups in total. The standard InChI is InChI=1S/C16H11ClO3/c1-19-16(18)20-15-11-6-3-2-5-10(11)9-13-12(15)7-4-8-14(13)17/h2-9H,1H3. The number of ether oxygens (including phenoxy) is 2. The van der Waals surface area contributed by atoms with Crippen molar-refractivity contribution in [2.45, 2.75) is 0 Å². The van der Waals surface area contributed by atoms with Gasteiger partial charge in [0.05, 0.1) is 7.11 Å². The van der Waals surface area contributed by atoms with Crippen LogP contribution >= 0.6 is 11.6 Å². The van der Waals surface area contributed by atoms with Gasteiger partial charge in [-0.25, -0.2) is 4.79 Å². The number of carbonyl (C=O) groups is 1. The van der Waals surface area contributed by atoms with E-state index in [-0.39, 0.29) is 0 Å². The second-order valence-electron chi connectivity index (χ2n) is 4.32. The normalized spacial score (nSPS) is 10.7. The van der Waals surface area contributed by atoms with Gasteiger partial charge in [0, 0.05) is 21.2 Å². The number of carbonyl (C=O) groups excluding carboxylic acids is 1. The largest absolute Gasteiger partial charge is 0.513 e. The fourth-order valence-electron chi connectivity index (χ4n) is 2.25. The summed E-state index contributed by atoms with van der Waals surface area (Å²) in [6.07, 6.45) is -0.748. The molecule has 20 heavy (non-hydrogen) atoms. The summed E-state index contributed by atoms with van der Waals surface area (Å²) in [4.78, 5) is 11.5. The van der Waals surface area contributed by atoms with E-state index in [2.05, 4.69) is 4.74 Å². The van der Waals surface area contributed by atoms with Crippen LogP contribution in [-0.2, 0) is 4.74 Å². The van der Waals surface area contributed by atoms with Crippen molar-refractivity contribution in [3.05, 3.63) is 53.6 Å².